The van der Waals surface area contributed by atoms with Gasteiger partial charge in [0.1, 0.15) is 6.21 Å². The van der Waals surface area contributed by atoms with Crippen LogP contribution in [0, 0.1) is 11.8 Å². The molecule has 154 valence electrons. The number of fused-ring (bicyclic) bond motifs is 2. The van der Waals surface area contributed by atoms with Crippen LogP contribution in [0.2, 0.25) is 0 Å². The van der Waals surface area contributed by atoms with E-state index < -0.39 is 0 Å². The number of ether oxygens (including phenoxy) is 1. The van der Waals surface area contributed by atoms with Crippen molar-refractivity contribution in [2.24, 2.45) is 11.8 Å². The van der Waals surface area contributed by atoms with Crippen LogP contribution in [-0.2, 0) is 4.74 Å². The molecule has 3 N–H and O–H groups in total. The number of aromatic nitrogens is 2. The molecule has 2 aromatic heterocycles. The van der Waals surface area contributed by atoms with Crippen LogP contribution in [0.15, 0.2) is 60.5 Å². The first-order chi connectivity index (χ1) is 14.8. The number of carbonyl (C=O) groups excluding carboxylic acids is 1. The molecule has 1 fully saturated rings. The third-order valence-electron chi connectivity index (χ3n) is 6.32. The van der Waals surface area contributed by atoms with Gasteiger partial charge in [-0.15, -0.1) is 0 Å². The number of rotatable bonds is 4. The van der Waals surface area contributed by atoms with E-state index in [2.05, 4.69) is 44.1 Å². The predicted octanol–water partition coefficient (Wildman–Crippen LogP) is 1.17. The number of carbonyl (C=O) groups is 1. The van der Waals surface area contributed by atoms with E-state index in [9.17, 15) is 4.79 Å². The van der Waals surface area contributed by atoms with E-state index in [4.69, 9.17) is 4.74 Å². The van der Waals surface area contributed by atoms with Crippen LogP contribution in [0.4, 0.5) is 0 Å². The number of pyridine rings is 1. The zero-order chi connectivity index (χ0) is 20.3. The molecule has 1 aliphatic carbocycles. The second kappa shape index (κ2) is 8.40. The Morgan fingerprint density at radius 2 is 2.23 bits per heavy atom. The highest BCUT2D eigenvalue weighted by molar-refractivity contribution is 5.98. The number of amides is 1. The summed E-state index contributed by atoms with van der Waals surface area (Å²) in [6, 6.07) is 6.00. The van der Waals surface area contributed by atoms with E-state index in [1.807, 2.05) is 36.7 Å². The van der Waals surface area contributed by atoms with Gasteiger partial charge < -0.3 is 10.1 Å². The fraction of sp³-hybridized carbons (Fsp3) is 0.375. The number of aromatic amines is 1. The molecule has 1 saturated heterocycles. The summed E-state index contributed by atoms with van der Waals surface area (Å²) < 4.78 is 7.77. The van der Waals surface area contributed by atoms with Gasteiger partial charge in [-0.1, -0.05) is 30.4 Å². The second-order valence-electron chi connectivity index (χ2n) is 8.20. The van der Waals surface area contributed by atoms with Crippen LogP contribution in [-0.4, -0.2) is 36.9 Å². The summed E-state index contributed by atoms with van der Waals surface area (Å²) in [4.78, 5) is 19.9. The molecule has 2 aliphatic heterocycles. The van der Waals surface area contributed by atoms with Crippen molar-refractivity contribution in [1.29, 1.82) is 0 Å². The molecule has 0 aromatic carbocycles. The molecule has 0 radical (unpaired) electrons. The van der Waals surface area contributed by atoms with E-state index in [1.165, 1.54) is 5.57 Å². The van der Waals surface area contributed by atoms with Crippen molar-refractivity contribution in [2.45, 2.75) is 25.2 Å². The first kappa shape index (κ1) is 19.0. The van der Waals surface area contributed by atoms with Gasteiger partial charge in [0.15, 0.2) is 11.7 Å². The summed E-state index contributed by atoms with van der Waals surface area (Å²) in [5.74, 6) is 1.91. The Hall–Kier alpha value is -2.99. The topological polar surface area (TPSA) is 72.2 Å². The normalized spacial score (nSPS) is 25.6. The van der Waals surface area contributed by atoms with Gasteiger partial charge >= 0.3 is 0 Å². The number of allylic oxidation sites excluding steroid dienone is 5. The van der Waals surface area contributed by atoms with Crippen LogP contribution in [0.1, 0.15) is 41.5 Å². The number of hydrogen-bond acceptors (Lipinski definition) is 2. The predicted molar refractivity (Wildman–Crippen MR) is 114 cm³/mol. The minimum absolute atomic E-state index is 0.0605. The van der Waals surface area contributed by atoms with Crippen molar-refractivity contribution in [3.8, 4) is 0 Å². The summed E-state index contributed by atoms with van der Waals surface area (Å²) in [6.07, 6.45) is 17.7. The van der Waals surface area contributed by atoms with Gasteiger partial charge in [0.2, 0.25) is 5.69 Å². The number of H-pyrrole nitrogens is 1. The summed E-state index contributed by atoms with van der Waals surface area (Å²) in [6.45, 7) is 2.17. The lowest BCUT2D eigenvalue weighted by molar-refractivity contribution is -0.523. The smallest absolute Gasteiger partial charge is 0.295 e. The van der Waals surface area contributed by atoms with Crippen molar-refractivity contribution in [1.82, 2.24) is 10.3 Å². The van der Waals surface area contributed by atoms with Gasteiger partial charge in [-0.3, -0.25) is 4.79 Å². The Morgan fingerprint density at radius 3 is 3.20 bits per heavy atom. The van der Waals surface area contributed by atoms with Gasteiger partial charge in [-0.2, -0.15) is 4.40 Å². The van der Waals surface area contributed by atoms with E-state index >= 15 is 0 Å². The van der Waals surface area contributed by atoms with Gasteiger partial charge in [-0.05, 0) is 31.4 Å². The molecule has 1 amide bonds. The third kappa shape index (κ3) is 3.63. The number of nitrogens with zero attached hydrogens (tertiary/aromatic N) is 1. The van der Waals surface area contributed by atoms with E-state index in [1.54, 1.807) is 0 Å². The summed E-state index contributed by atoms with van der Waals surface area (Å²) in [7, 11) is 0. The molecule has 4 heterocycles. The van der Waals surface area contributed by atoms with Crippen molar-refractivity contribution in [2.75, 3.05) is 19.8 Å². The van der Waals surface area contributed by atoms with Gasteiger partial charge in [0.25, 0.3) is 11.7 Å². The molecule has 0 bridgehead atoms. The molecular weight excluding hydrogens is 376 g/mol. The molecule has 6 heteroatoms. The largest absolute Gasteiger partial charge is 0.381 e. The Bertz CT molecular complexity index is 1050. The van der Waals surface area contributed by atoms with Crippen LogP contribution in [0.25, 0.3) is 5.52 Å². The fourth-order valence-corrected chi connectivity index (χ4v) is 4.72. The monoisotopic (exact) mass is 404 g/mol. The number of hydrogen-bond donors (Lipinski definition) is 3. The first-order valence-corrected chi connectivity index (χ1v) is 10.8. The molecule has 30 heavy (non-hydrogen) atoms. The highest BCUT2D eigenvalue weighted by Gasteiger charge is 2.32. The standard InChI is InChI=1S/C24H26N4O2/c29-24(26-16-19-15-25-14-18-6-1-2-8-20(18)19)22-21-9-3-4-11-28(21)23(27-22)17-7-5-12-30-13-10-17/h1-4,6,8-9,11,14-15,17,19-20H,5,7,10,12-13,16H2,(H,26,29)/p+2. The van der Waals surface area contributed by atoms with Gasteiger partial charge in [0, 0.05) is 31.2 Å². The highest BCUT2D eigenvalue weighted by Crippen LogP contribution is 2.27. The lowest BCUT2D eigenvalue weighted by atomic mass is 9.82. The Kier molecular flexibility index (Phi) is 5.32. The Balaban J connectivity index is 1.36. The Labute approximate surface area is 176 Å². The maximum atomic E-state index is 13.2. The first-order valence-electron chi connectivity index (χ1n) is 10.8. The molecule has 3 aliphatic rings. The minimum Gasteiger partial charge on any atom is -0.381 e. The van der Waals surface area contributed by atoms with Crippen molar-refractivity contribution >= 4 is 17.6 Å². The SMILES string of the molecule is O=C(NCC1C=[NH+]C=C2C=CC=CC21)c1[nH]c(C2CCCOCC2)[n+]2ccccc12. The van der Waals surface area contributed by atoms with E-state index in [0.29, 0.717) is 24.1 Å². The summed E-state index contributed by atoms with van der Waals surface area (Å²) in [5.41, 5.74) is 2.80. The zero-order valence-corrected chi connectivity index (χ0v) is 17.0. The summed E-state index contributed by atoms with van der Waals surface area (Å²) in [5, 5.41) is 3.16. The average Bonchev–Trinajstić information content (AvgIpc) is 2.97. The van der Waals surface area contributed by atoms with Crippen LogP contribution in [0.3, 0.4) is 0 Å². The third-order valence-corrected chi connectivity index (χ3v) is 6.32. The molecule has 5 rings (SSSR count). The van der Waals surface area contributed by atoms with Crippen LogP contribution >= 0.6 is 0 Å². The van der Waals surface area contributed by atoms with Gasteiger partial charge in [0.05, 0.1) is 18.0 Å². The van der Waals surface area contributed by atoms with Crippen molar-refractivity contribution in [3.63, 3.8) is 0 Å². The molecular formula is C24H28N4O2+2. The number of nitrogens with one attached hydrogen (secondary N) is 3. The lowest BCUT2D eigenvalue weighted by Crippen LogP contribution is -2.66. The fourth-order valence-electron chi connectivity index (χ4n) is 4.72. The van der Waals surface area contributed by atoms with Crippen molar-refractivity contribution in [3.05, 3.63) is 72.0 Å². The molecule has 2 aromatic rings. The van der Waals surface area contributed by atoms with E-state index in [0.717, 1.165) is 43.8 Å². The van der Waals surface area contributed by atoms with E-state index in [-0.39, 0.29) is 11.8 Å². The van der Waals surface area contributed by atoms with Gasteiger partial charge in [-0.25, -0.2) is 9.98 Å². The summed E-state index contributed by atoms with van der Waals surface area (Å²) >= 11 is 0. The van der Waals surface area contributed by atoms with Crippen molar-refractivity contribution < 1.29 is 18.9 Å². The minimum atomic E-state index is -0.0605. The quantitative estimate of drug-likeness (QED) is 0.670. The molecule has 6 nitrogen and oxygen atoms in total. The molecule has 0 spiro atoms. The maximum absolute atomic E-state index is 13.2. The second-order valence-corrected chi connectivity index (χ2v) is 8.20. The number of imidazole rings is 1. The average molecular weight is 405 g/mol. The lowest BCUT2D eigenvalue weighted by Gasteiger charge is -2.23. The Morgan fingerprint density at radius 1 is 1.27 bits per heavy atom. The highest BCUT2D eigenvalue weighted by atomic mass is 16.5. The zero-order valence-electron chi connectivity index (χ0n) is 17.0. The maximum Gasteiger partial charge on any atom is 0.295 e. The molecule has 3 atom stereocenters. The van der Waals surface area contributed by atoms with Crippen LogP contribution in [0.5, 0.6) is 0 Å². The van der Waals surface area contributed by atoms with Crippen LogP contribution < -0.4 is 14.7 Å². The molecule has 0 saturated carbocycles. The molecule has 3 unspecified atom stereocenters.